The van der Waals surface area contributed by atoms with Crippen LogP contribution in [0.25, 0.3) is 22.2 Å². The van der Waals surface area contributed by atoms with Gasteiger partial charge in [-0.05, 0) is 54.4 Å². The summed E-state index contributed by atoms with van der Waals surface area (Å²) in [5.74, 6) is -0.981. The molecule has 206 valence electrons. The third-order valence-corrected chi connectivity index (χ3v) is 8.97. The first-order valence-electron chi connectivity index (χ1n) is 12.9. The molecule has 0 bridgehead atoms. The predicted molar refractivity (Wildman–Crippen MR) is 160 cm³/mol. The van der Waals surface area contributed by atoms with Gasteiger partial charge in [-0.15, -0.1) is 4.83 Å². The highest BCUT2D eigenvalue weighted by Crippen LogP contribution is 2.45. The van der Waals surface area contributed by atoms with Gasteiger partial charge >= 0.3 is 0 Å². The summed E-state index contributed by atoms with van der Waals surface area (Å²) in [5, 5.41) is 0.930. The summed E-state index contributed by atoms with van der Waals surface area (Å²) in [6, 6.07) is 28.7. The normalized spacial score (nSPS) is 14.8. The molecule has 41 heavy (non-hydrogen) atoms. The van der Waals surface area contributed by atoms with Gasteiger partial charge in [-0.1, -0.05) is 82.2 Å². The maximum Gasteiger partial charge on any atom is 0.257 e. The zero-order chi connectivity index (χ0) is 28.7. The SMILES string of the molecule is Cc1ccc(-c2[nH]c3ccccc3c2C2c3ccccc3C(=O)N2CC(=O)NNS(=O)(=O)c2ccc(Br)cc2)cc1. The van der Waals surface area contributed by atoms with E-state index in [1.165, 1.54) is 17.0 Å². The zero-order valence-electron chi connectivity index (χ0n) is 21.9. The number of hydrogen-bond donors (Lipinski definition) is 3. The fourth-order valence-electron chi connectivity index (χ4n) is 5.23. The van der Waals surface area contributed by atoms with Crippen LogP contribution < -0.4 is 10.3 Å². The largest absolute Gasteiger partial charge is 0.354 e. The van der Waals surface area contributed by atoms with E-state index in [-0.39, 0.29) is 17.3 Å². The minimum absolute atomic E-state index is 0.00920. The third-order valence-electron chi connectivity index (χ3n) is 7.18. The van der Waals surface area contributed by atoms with Crippen LogP contribution in [0.15, 0.2) is 106 Å². The molecular formula is C31H25BrN4O4S. The molecule has 1 aromatic heterocycles. The van der Waals surface area contributed by atoms with Crippen molar-refractivity contribution in [1.29, 1.82) is 0 Å². The van der Waals surface area contributed by atoms with Crippen LogP contribution >= 0.6 is 15.9 Å². The number of sulfonamides is 1. The molecule has 5 aromatic rings. The van der Waals surface area contributed by atoms with Crippen LogP contribution in [0, 0.1) is 6.92 Å². The highest BCUT2D eigenvalue weighted by molar-refractivity contribution is 9.10. The average molecular weight is 630 g/mol. The number of benzene rings is 4. The Morgan fingerprint density at radius 1 is 0.927 bits per heavy atom. The first kappa shape index (κ1) is 26.9. The number of halogens is 1. The smallest absolute Gasteiger partial charge is 0.257 e. The van der Waals surface area contributed by atoms with Gasteiger partial charge in [0.05, 0.1) is 16.6 Å². The molecule has 4 aromatic carbocycles. The fourth-order valence-corrected chi connectivity index (χ4v) is 6.36. The van der Waals surface area contributed by atoms with Crippen LogP contribution in [0.3, 0.4) is 0 Å². The van der Waals surface area contributed by atoms with Crippen LogP contribution in [0.2, 0.25) is 0 Å². The van der Waals surface area contributed by atoms with E-state index >= 15 is 0 Å². The second-order valence-corrected chi connectivity index (χ2v) is 12.5. The maximum atomic E-state index is 13.7. The van der Waals surface area contributed by atoms with Crippen molar-refractivity contribution in [3.63, 3.8) is 0 Å². The van der Waals surface area contributed by atoms with Gasteiger partial charge < -0.3 is 9.88 Å². The molecule has 0 aliphatic carbocycles. The monoisotopic (exact) mass is 628 g/mol. The lowest BCUT2D eigenvalue weighted by molar-refractivity contribution is -0.122. The number of carbonyl (C=O) groups is 2. The summed E-state index contributed by atoms with van der Waals surface area (Å²) in [4.78, 5) is 34.0. The molecule has 0 saturated carbocycles. The number of nitrogens with zero attached hydrogens (tertiary/aromatic N) is 1. The minimum Gasteiger partial charge on any atom is -0.354 e. The molecule has 1 atom stereocenters. The standard InChI is InChI=1S/C31H25BrN4O4S/c1-19-10-12-20(13-11-19)29-28(25-8-4-5-9-26(25)33-29)30-23-6-2-3-7-24(23)31(38)36(30)18-27(37)34-35-41(39,40)22-16-14-21(32)15-17-22/h2-17,30,33,35H,18H2,1H3,(H,34,37). The summed E-state index contributed by atoms with van der Waals surface area (Å²) in [5.41, 5.74) is 8.24. The molecule has 0 radical (unpaired) electrons. The molecule has 2 amide bonds. The number of amides is 2. The van der Waals surface area contributed by atoms with Gasteiger partial charge in [0, 0.05) is 26.5 Å². The van der Waals surface area contributed by atoms with Crippen molar-refractivity contribution in [2.24, 2.45) is 0 Å². The van der Waals surface area contributed by atoms with Crippen molar-refractivity contribution in [2.45, 2.75) is 17.9 Å². The lowest BCUT2D eigenvalue weighted by atomic mass is 9.93. The summed E-state index contributed by atoms with van der Waals surface area (Å²) in [6.45, 7) is 1.65. The molecule has 6 rings (SSSR count). The molecule has 1 aliphatic rings. The third kappa shape index (κ3) is 5.06. The van der Waals surface area contributed by atoms with Gasteiger partial charge in [0.25, 0.3) is 21.8 Å². The van der Waals surface area contributed by atoms with Gasteiger partial charge in [-0.25, -0.2) is 8.42 Å². The highest BCUT2D eigenvalue weighted by Gasteiger charge is 2.41. The topological polar surface area (TPSA) is 111 Å². The van der Waals surface area contributed by atoms with Gasteiger partial charge in [0.15, 0.2) is 0 Å². The van der Waals surface area contributed by atoms with Crippen LogP contribution in [0.5, 0.6) is 0 Å². The minimum atomic E-state index is -4.02. The van der Waals surface area contributed by atoms with Gasteiger partial charge in [-0.3, -0.25) is 15.0 Å². The van der Waals surface area contributed by atoms with E-state index in [0.29, 0.717) is 5.56 Å². The lowest BCUT2D eigenvalue weighted by Crippen LogP contribution is -2.47. The van der Waals surface area contributed by atoms with Crippen molar-refractivity contribution in [3.05, 3.63) is 124 Å². The Kier molecular flexibility index (Phi) is 6.98. The zero-order valence-corrected chi connectivity index (χ0v) is 24.3. The molecule has 1 aliphatic heterocycles. The summed E-state index contributed by atoms with van der Waals surface area (Å²) in [7, 11) is -4.02. The molecule has 3 N–H and O–H groups in total. The van der Waals surface area contributed by atoms with Crippen molar-refractivity contribution in [1.82, 2.24) is 20.1 Å². The Labute approximate surface area is 245 Å². The number of rotatable bonds is 7. The van der Waals surface area contributed by atoms with Crippen molar-refractivity contribution in [3.8, 4) is 11.3 Å². The van der Waals surface area contributed by atoms with Crippen molar-refractivity contribution < 1.29 is 18.0 Å². The first-order valence-corrected chi connectivity index (χ1v) is 15.1. The van der Waals surface area contributed by atoms with E-state index in [9.17, 15) is 18.0 Å². The van der Waals surface area contributed by atoms with E-state index in [1.807, 2.05) is 67.6 Å². The van der Waals surface area contributed by atoms with Crippen LogP contribution in [0.4, 0.5) is 0 Å². The summed E-state index contributed by atoms with van der Waals surface area (Å²) >= 11 is 3.28. The average Bonchev–Trinajstić information content (AvgIpc) is 3.47. The Balaban J connectivity index is 1.37. The van der Waals surface area contributed by atoms with Gasteiger partial charge in [0.2, 0.25) is 0 Å². The number of para-hydroxylation sites is 1. The molecule has 0 saturated heterocycles. The predicted octanol–water partition coefficient (Wildman–Crippen LogP) is 5.46. The number of aryl methyl sites for hydroxylation is 1. The molecule has 0 fully saturated rings. The summed E-state index contributed by atoms with van der Waals surface area (Å²) < 4.78 is 26.2. The Hall–Kier alpha value is -4.25. The van der Waals surface area contributed by atoms with E-state index < -0.39 is 22.0 Å². The second-order valence-electron chi connectivity index (χ2n) is 9.86. The second kappa shape index (κ2) is 10.6. The number of nitrogens with one attached hydrogen (secondary N) is 3. The number of carbonyl (C=O) groups excluding carboxylic acids is 2. The lowest BCUT2D eigenvalue weighted by Gasteiger charge is -2.26. The van der Waals surface area contributed by atoms with E-state index in [2.05, 4.69) is 31.2 Å². The molecular weight excluding hydrogens is 604 g/mol. The van der Waals surface area contributed by atoms with Crippen molar-refractivity contribution in [2.75, 3.05) is 6.54 Å². The van der Waals surface area contributed by atoms with Crippen molar-refractivity contribution >= 4 is 48.7 Å². The van der Waals surface area contributed by atoms with E-state index in [1.54, 1.807) is 24.3 Å². The summed E-state index contributed by atoms with van der Waals surface area (Å²) in [6.07, 6.45) is 0. The number of hydrogen-bond acceptors (Lipinski definition) is 4. The van der Waals surface area contributed by atoms with Gasteiger partial charge in [-0.2, -0.15) is 0 Å². The number of H-pyrrole nitrogens is 1. The Morgan fingerprint density at radius 3 is 2.37 bits per heavy atom. The fraction of sp³-hybridized carbons (Fsp3) is 0.0968. The van der Waals surface area contributed by atoms with Crippen LogP contribution in [-0.4, -0.2) is 36.7 Å². The van der Waals surface area contributed by atoms with Crippen LogP contribution in [-0.2, 0) is 14.8 Å². The quantitative estimate of drug-likeness (QED) is 0.208. The molecule has 0 spiro atoms. The number of aromatic nitrogens is 1. The Bertz CT molecular complexity index is 1900. The molecule has 10 heteroatoms. The molecule has 1 unspecified atom stereocenters. The maximum absolute atomic E-state index is 13.7. The van der Waals surface area contributed by atoms with Gasteiger partial charge in [0.1, 0.15) is 6.54 Å². The highest BCUT2D eigenvalue weighted by atomic mass is 79.9. The number of fused-ring (bicyclic) bond motifs is 2. The number of hydrazine groups is 1. The first-order chi connectivity index (χ1) is 19.7. The molecule has 2 heterocycles. The Morgan fingerprint density at radius 2 is 1.61 bits per heavy atom. The van der Waals surface area contributed by atoms with E-state index in [0.717, 1.165) is 43.3 Å². The van der Waals surface area contributed by atoms with Crippen LogP contribution in [0.1, 0.15) is 33.1 Å². The van der Waals surface area contributed by atoms with E-state index in [4.69, 9.17) is 0 Å². The number of aromatic amines is 1. The molecule has 8 nitrogen and oxygen atoms in total.